The van der Waals surface area contributed by atoms with E-state index >= 15 is 0 Å². The molecule has 17 heavy (non-hydrogen) atoms. The van der Waals surface area contributed by atoms with Crippen molar-refractivity contribution in [3.63, 3.8) is 0 Å². The van der Waals surface area contributed by atoms with Crippen molar-refractivity contribution in [2.75, 3.05) is 0 Å². The minimum Gasteiger partial charge on any atom is -0.393 e. The Labute approximate surface area is 108 Å². The lowest BCUT2D eigenvalue weighted by Crippen LogP contribution is -2.16. The summed E-state index contributed by atoms with van der Waals surface area (Å²) in [4.78, 5) is 4.98. The SMILES string of the molecule is [B]C1C(O)CC([N+]#[C-])C1CCCc1cccs1. The van der Waals surface area contributed by atoms with Gasteiger partial charge in [-0.1, -0.05) is 6.07 Å². The molecule has 2 radical (unpaired) electrons. The molecule has 0 aliphatic heterocycles. The number of nitrogens with zero attached hydrogens (tertiary/aromatic N) is 1. The predicted octanol–water partition coefficient (Wildman–Crippen LogP) is 2.70. The molecule has 2 nitrogen and oxygen atoms in total. The van der Waals surface area contributed by atoms with Gasteiger partial charge in [0.15, 0.2) is 0 Å². The van der Waals surface area contributed by atoms with E-state index in [1.165, 1.54) is 4.88 Å². The summed E-state index contributed by atoms with van der Waals surface area (Å²) in [5.74, 6) is -0.0418. The van der Waals surface area contributed by atoms with Gasteiger partial charge in [0.1, 0.15) is 0 Å². The zero-order valence-electron chi connectivity index (χ0n) is 9.75. The van der Waals surface area contributed by atoms with Crippen LogP contribution in [0.2, 0.25) is 5.82 Å². The second-order valence-corrected chi connectivity index (χ2v) is 5.74. The van der Waals surface area contributed by atoms with Gasteiger partial charge in [0, 0.05) is 17.2 Å². The average Bonchev–Trinajstić information content (AvgIpc) is 2.92. The predicted molar refractivity (Wildman–Crippen MR) is 71.3 cm³/mol. The molecule has 88 valence electrons. The molecule has 0 aromatic carbocycles. The van der Waals surface area contributed by atoms with Gasteiger partial charge < -0.3 is 9.95 Å². The Morgan fingerprint density at radius 1 is 1.59 bits per heavy atom. The van der Waals surface area contributed by atoms with Crippen LogP contribution in [0.25, 0.3) is 4.85 Å². The van der Waals surface area contributed by atoms with Crippen LogP contribution < -0.4 is 0 Å². The monoisotopic (exact) mass is 245 g/mol. The highest BCUT2D eigenvalue weighted by molar-refractivity contribution is 7.09. The Kier molecular flexibility index (Phi) is 4.25. The first-order valence-corrected chi connectivity index (χ1v) is 6.93. The summed E-state index contributed by atoms with van der Waals surface area (Å²) in [5, 5.41) is 11.8. The van der Waals surface area contributed by atoms with E-state index in [2.05, 4.69) is 22.4 Å². The first-order valence-electron chi connectivity index (χ1n) is 6.05. The van der Waals surface area contributed by atoms with Crippen LogP contribution in [0.3, 0.4) is 0 Å². The van der Waals surface area contributed by atoms with Gasteiger partial charge in [0.25, 0.3) is 0 Å². The van der Waals surface area contributed by atoms with Gasteiger partial charge in [-0.2, -0.15) is 0 Å². The topological polar surface area (TPSA) is 24.6 Å². The Morgan fingerprint density at radius 2 is 2.41 bits per heavy atom. The lowest BCUT2D eigenvalue weighted by atomic mass is 9.75. The second kappa shape index (κ2) is 5.70. The number of hydrogen-bond acceptors (Lipinski definition) is 2. The Hall–Kier alpha value is -0.785. The highest BCUT2D eigenvalue weighted by Gasteiger charge is 2.42. The van der Waals surface area contributed by atoms with Gasteiger partial charge in [-0.15, -0.1) is 11.3 Å². The number of aliphatic hydroxyl groups excluding tert-OH is 1. The van der Waals surface area contributed by atoms with Crippen molar-refractivity contribution in [2.24, 2.45) is 5.92 Å². The van der Waals surface area contributed by atoms with Gasteiger partial charge in [0.2, 0.25) is 6.04 Å². The summed E-state index contributed by atoms with van der Waals surface area (Å²) in [7, 11) is 5.96. The van der Waals surface area contributed by atoms with E-state index in [0.717, 1.165) is 19.3 Å². The van der Waals surface area contributed by atoms with E-state index in [-0.39, 0.29) is 17.8 Å². The Morgan fingerprint density at radius 3 is 3.06 bits per heavy atom. The highest BCUT2D eigenvalue weighted by Crippen LogP contribution is 2.40. The van der Waals surface area contributed by atoms with E-state index < -0.39 is 6.10 Å². The standard InChI is InChI=1S/C13H16BNOS/c1-15-11-8-12(16)13(14)10(11)6-2-4-9-5-3-7-17-9/h3,5,7,10-13,16H,2,4,6,8H2. The minimum absolute atomic E-state index is 0.0802. The number of thiophene rings is 1. The van der Waals surface area contributed by atoms with Crippen LogP contribution in [0.15, 0.2) is 17.5 Å². The molecular formula is C13H16BNOS. The molecule has 1 N–H and O–H groups in total. The van der Waals surface area contributed by atoms with Crippen LogP contribution in [-0.4, -0.2) is 25.1 Å². The fourth-order valence-corrected chi connectivity index (χ4v) is 3.37. The first kappa shape index (κ1) is 12.7. The smallest absolute Gasteiger partial charge is 0.228 e. The molecule has 0 spiro atoms. The Balaban J connectivity index is 1.83. The molecule has 1 aliphatic rings. The Bertz CT molecular complexity index is 387. The van der Waals surface area contributed by atoms with Crippen molar-refractivity contribution in [3.05, 3.63) is 33.8 Å². The molecule has 0 amide bonds. The third-order valence-electron chi connectivity index (χ3n) is 3.62. The van der Waals surface area contributed by atoms with Gasteiger partial charge in [-0.05, 0) is 36.5 Å². The van der Waals surface area contributed by atoms with E-state index in [1.54, 1.807) is 11.3 Å². The van der Waals surface area contributed by atoms with E-state index in [4.69, 9.17) is 14.4 Å². The minimum atomic E-state index is -0.485. The molecule has 1 heterocycles. The number of rotatable bonds is 4. The van der Waals surface area contributed by atoms with Crippen molar-refractivity contribution in [3.8, 4) is 0 Å². The van der Waals surface area contributed by atoms with E-state index in [0.29, 0.717) is 6.42 Å². The summed E-state index contributed by atoms with van der Waals surface area (Å²) < 4.78 is 0. The number of aryl methyl sites for hydroxylation is 1. The quantitative estimate of drug-likeness (QED) is 0.640. The van der Waals surface area contributed by atoms with Gasteiger partial charge in [0.05, 0.1) is 14.0 Å². The number of hydrogen-bond donors (Lipinski definition) is 1. The molecule has 1 aromatic heterocycles. The van der Waals surface area contributed by atoms with E-state index in [9.17, 15) is 5.11 Å². The fourth-order valence-electron chi connectivity index (χ4n) is 2.62. The lowest BCUT2D eigenvalue weighted by molar-refractivity contribution is 0.177. The molecular weight excluding hydrogens is 229 g/mol. The zero-order valence-corrected chi connectivity index (χ0v) is 10.6. The van der Waals surface area contributed by atoms with Gasteiger partial charge in [-0.25, -0.2) is 6.57 Å². The van der Waals surface area contributed by atoms with Crippen LogP contribution >= 0.6 is 11.3 Å². The third-order valence-corrected chi connectivity index (χ3v) is 4.56. The molecule has 0 bridgehead atoms. The van der Waals surface area contributed by atoms with Crippen LogP contribution in [0.4, 0.5) is 0 Å². The number of aliphatic hydroxyl groups is 1. The van der Waals surface area contributed by atoms with Crippen LogP contribution in [0.5, 0.6) is 0 Å². The fraction of sp³-hybridized carbons (Fsp3) is 0.615. The van der Waals surface area contributed by atoms with Gasteiger partial charge in [-0.3, -0.25) is 0 Å². The summed E-state index contributed by atoms with van der Waals surface area (Å²) in [6.07, 6.45) is 3.12. The normalized spacial score (nSPS) is 32.5. The van der Waals surface area contributed by atoms with E-state index in [1.807, 2.05) is 0 Å². The maximum atomic E-state index is 9.69. The van der Waals surface area contributed by atoms with Crippen LogP contribution in [0.1, 0.15) is 24.1 Å². The highest BCUT2D eigenvalue weighted by atomic mass is 32.1. The molecule has 1 fully saturated rings. The summed E-state index contributed by atoms with van der Waals surface area (Å²) in [6.45, 7) is 7.15. The maximum absolute atomic E-state index is 9.69. The first-order chi connectivity index (χ1) is 8.22. The van der Waals surface area contributed by atoms with Crippen molar-refractivity contribution >= 4 is 19.2 Å². The zero-order chi connectivity index (χ0) is 12.3. The molecule has 2 rings (SSSR count). The van der Waals surface area contributed by atoms with Crippen molar-refractivity contribution < 1.29 is 5.11 Å². The second-order valence-electron chi connectivity index (χ2n) is 4.71. The summed E-state index contributed by atoms with van der Waals surface area (Å²) in [6, 6.07) is 4.12. The molecule has 1 aromatic rings. The maximum Gasteiger partial charge on any atom is 0.228 e. The van der Waals surface area contributed by atoms with Crippen molar-refractivity contribution in [1.29, 1.82) is 0 Å². The molecule has 4 heteroatoms. The largest absolute Gasteiger partial charge is 0.393 e. The van der Waals surface area contributed by atoms with Gasteiger partial charge >= 0.3 is 0 Å². The van der Waals surface area contributed by atoms with Crippen LogP contribution in [0, 0.1) is 12.5 Å². The molecule has 0 saturated heterocycles. The molecule has 1 aliphatic carbocycles. The molecule has 4 atom stereocenters. The third kappa shape index (κ3) is 2.91. The molecule has 4 unspecified atom stereocenters. The van der Waals surface area contributed by atoms with Crippen molar-refractivity contribution in [2.45, 2.75) is 43.6 Å². The average molecular weight is 245 g/mol. The molecule has 1 saturated carbocycles. The van der Waals surface area contributed by atoms with Crippen molar-refractivity contribution in [1.82, 2.24) is 0 Å². The van der Waals surface area contributed by atoms with Crippen LogP contribution in [-0.2, 0) is 6.42 Å². The summed E-state index contributed by atoms with van der Waals surface area (Å²) >= 11 is 1.77. The summed E-state index contributed by atoms with van der Waals surface area (Å²) in [5.41, 5.74) is 0. The lowest BCUT2D eigenvalue weighted by Gasteiger charge is -2.16.